The summed E-state index contributed by atoms with van der Waals surface area (Å²) in [7, 11) is 0. The van der Waals surface area contributed by atoms with E-state index < -0.39 is 0 Å². The number of hydrogen-bond acceptors (Lipinski definition) is 3. The number of nitrogens with zero attached hydrogens (tertiary/aromatic N) is 1. The molecule has 4 N–H and O–H groups in total. The van der Waals surface area contributed by atoms with Gasteiger partial charge in [-0.15, -0.1) is 0 Å². The molecule has 0 spiro atoms. The van der Waals surface area contributed by atoms with Crippen LogP contribution in [0.2, 0.25) is 0 Å². The average molecular weight is 289 g/mol. The summed E-state index contributed by atoms with van der Waals surface area (Å²) in [5.74, 6) is -0.363. The van der Waals surface area contributed by atoms with E-state index in [-0.39, 0.29) is 5.91 Å². The number of hydrogen-bond donors (Lipinski definition) is 2. The summed E-state index contributed by atoms with van der Waals surface area (Å²) in [6.07, 6.45) is 4.63. The van der Waals surface area contributed by atoms with Gasteiger partial charge in [-0.2, -0.15) is 0 Å². The topological polar surface area (TPSA) is 72.3 Å². The van der Waals surface area contributed by atoms with Crippen molar-refractivity contribution in [2.45, 2.75) is 58.2 Å². The Morgan fingerprint density at radius 3 is 2.48 bits per heavy atom. The maximum Gasteiger partial charge on any atom is 0.248 e. The molecule has 4 nitrogen and oxygen atoms in total. The molecule has 1 saturated carbocycles. The first-order chi connectivity index (χ1) is 10.0. The summed E-state index contributed by atoms with van der Waals surface area (Å²) in [5.41, 5.74) is 14.3. The minimum absolute atomic E-state index is 0.363. The maximum atomic E-state index is 11.2. The molecular weight excluding hydrogens is 262 g/mol. The Hall–Kier alpha value is -1.39. The second kappa shape index (κ2) is 7.05. The van der Waals surface area contributed by atoms with E-state index in [4.69, 9.17) is 11.5 Å². The average Bonchev–Trinajstić information content (AvgIpc) is 2.47. The van der Waals surface area contributed by atoms with E-state index in [1.165, 1.54) is 18.4 Å². The van der Waals surface area contributed by atoms with Gasteiger partial charge < -0.3 is 11.5 Å². The molecule has 116 valence electrons. The van der Waals surface area contributed by atoms with Crippen LogP contribution in [0, 0.1) is 6.92 Å². The molecule has 0 atom stereocenters. The van der Waals surface area contributed by atoms with E-state index in [9.17, 15) is 4.79 Å². The van der Waals surface area contributed by atoms with Crippen molar-refractivity contribution >= 4 is 5.91 Å². The zero-order chi connectivity index (χ0) is 15.4. The standard InChI is InChI=1S/C17H27N3O/c1-3-20(16-8-6-15(18)7-9-16)11-14-5-4-13(17(19)21)10-12(14)2/h4-5,10,15-16H,3,6-9,11,18H2,1-2H3,(H2,19,21). The van der Waals surface area contributed by atoms with Crippen molar-refractivity contribution in [1.29, 1.82) is 0 Å². The summed E-state index contributed by atoms with van der Waals surface area (Å²) in [5, 5.41) is 0. The van der Waals surface area contributed by atoms with Gasteiger partial charge in [-0.1, -0.05) is 13.0 Å². The van der Waals surface area contributed by atoms with Gasteiger partial charge >= 0.3 is 0 Å². The predicted octanol–water partition coefficient (Wildman–Crippen LogP) is 2.19. The van der Waals surface area contributed by atoms with Crippen molar-refractivity contribution < 1.29 is 4.79 Å². The van der Waals surface area contributed by atoms with Gasteiger partial charge in [0.05, 0.1) is 0 Å². The van der Waals surface area contributed by atoms with Gasteiger partial charge in [0.15, 0.2) is 0 Å². The predicted molar refractivity (Wildman–Crippen MR) is 86.0 cm³/mol. The van der Waals surface area contributed by atoms with Gasteiger partial charge in [-0.05, 0) is 62.4 Å². The number of carbonyl (C=O) groups is 1. The molecule has 1 aliphatic rings. The highest BCUT2D eigenvalue weighted by Crippen LogP contribution is 2.24. The lowest BCUT2D eigenvalue weighted by molar-refractivity contribution is 0.1000. The molecule has 1 aromatic carbocycles. The monoisotopic (exact) mass is 289 g/mol. The molecule has 21 heavy (non-hydrogen) atoms. The lowest BCUT2D eigenvalue weighted by Gasteiger charge is -2.35. The highest BCUT2D eigenvalue weighted by Gasteiger charge is 2.23. The second-order valence-electron chi connectivity index (χ2n) is 6.14. The van der Waals surface area contributed by atoms with Crippen LogP contribution >= 0.6 is 0 Å². The van der Waals surface area contributed by atoms with Crippen LogP contribution in [0.1, 0.15) is 54.1 Å². The van der Waals surface area contributed by atoms with E-state index in [0.29, 0.717) is 17.6 Å². The second-order valence-corrected chi connectivity index (χ2v) is 6.14. The first-order valence-electron chi connectivity index (χ1n) is 7.90. The Morgan fingerprint density at radius 1 is 1.29 bits per heavy atom. The van der Waals surface area contributed by atoms with Gasteiger partial charge in [0.2, 0.25) is 5.91 Å². The Labute approximate surface area is 127 Å². The smallest absolute Gasteiger partial charge is 0.248 e. The largest absolute Gasteiger partial charge is 0.366 e. The molecule has 4 heteroatoms. The fraction of sp³-hybridized carbons (Fsp3) is 0.588. The quantitative estimate of drug-likeness (QED) is 0.872. The van der Waals surface area contributed by atoms with Gasteiger partial charge in [0.25, 0.3) is 0 Å². The summed E-state index contributed by atoms with van der Waals surface area (Å²) in [6, 6.07) is 6.77. The van der Waals surface area contributed by atoms with E-state index in [2.05, 4.69) is 11.8 Å². The van der Waals surface area contributed by atoms with E-state index in [1.807, 2.05) is 25.1 Å². The zero-order valence-electron chi connectivity index (χ0n) is 13.1. The zero-order valence-corrected chi connectivity index (χ0v) is 13.1. The van der Waals surface area contributed by atoms with Crippen molar-refractivity contribution in [2.75, 3.05) is 6.54 Å². The summed E-state index contributed by atoms with van der Waals surface area (Å²) >= 11 is 0. The number of carbonyl (C=O) groups excluding carboxylic acids is 1. The Bertz CT molecular complexity index is 493. The molecule has 1 aliphatic carbocycles. The first-order valence-corrected chi connectivity index (χ1v) is 7.90. The SMILES string of the molecule is CCN(Cc1ccc(C(N)=O)cc1C)C1CCC(N)CC1. The van der Waals surface area contributed by atoms with Crippen molar-refractivity contribution in [1.82, 2.24) is 4.90 Å². The van der Waals surface area contributed by atoms with Crippen molar-refractivity contribution in [3.8, 4) is 0 Å². The van der Waals surface area contributed by atoms with Crippen LogP contribution in [0.3, 0.4) is 0 Å². The van der Waals surface area contributed by atoms with E-state index >= 15 is 0 Å². The number of benzene rings is 1. The maximum absolute atomic E-state index is 11.2. The van der Waals surface area contributed by atoms with Crippen LogP contribution in [0.15, 0.2) is 18.2 Å². The third-order valence-corrected chi connectivity index (χ3v) is 4.66. The van der Waals surface area contributed by atoms with Crippen LogP contribution in [-0.4, -0.2) is 29.4 Å². The molecule has 0 unspecified atom stereocenters. The van der Waals surface area contributed by atoms with Crippen molar-refractivity contribution in [3.05, 3.63) is 34.9 Å². The van der Waals surface area contributed by atoms with Crippen LogP contribution in [0.25, 0.3) is 0 Å². The molecular formula is C17H27N3O. The third kappa shape index (κ3) is 4.05. The highest BCUT2D eigenvalue weighted by molar-refractivity contribution is 5.93. The Kier molecular flexibility index (Phi) is 5.37. The van der Waals surface area contributed by atoms with Crippen LogP contribution in [-0.2, 0) is 6.54 Å². The highest BCUT2D eigenvalue weighted by atomic mass is 16.1. The van der Waals surface area contributed by atoms with Gasteiger partial charge in [0.1, 0.15) is 0 Å². The summed E-state index contributed by atoms with van der Waals surface area (Å²) in [6.45, 7) is 6.23. The normalized spacial score (nSPS) is 22.5. The van der Waals surface area contributed by atoms with E-state index in [1.54, 1.807) is 0 Å². The molecule has 1 fully saturated rings. The third-order valence-electron chi connectivity index (χ3n) is 4.66. The molecule has 1 amide bonds. The molecule has 2 rings (SSSR count). The van der Waals surface area contributed by atoms with Gasteiger partial charge in [0, 0.05) is 24.2 Å². The van der Waals surface area contributed by atoms with Crippen LogP contribution in [0.4, 0.5) is 0 Å². The summed E-state index contributed by atoms with van der Waals surface area (Å²) < 4.78 is 0. The summed E-state index contributed by atoms with van der Waals surface area (Å²) in [4.78, 5) is 13.7. The van der Waals surface area contributed by atoms with Crippen LogP contribution < -0.4 is 11.5 Å². The minimum atomic E-state index is -0.363. The lowest BCUT2D eigenvalue weighted by Crippen LogP contribution is -2.40. The molecule has 0 heterocycles. The number of aryl methyl sites for hydroxylation is 1. The van der Waals surface area contributed by atoms with Crippen molar-refractivity contribution in [3.63, 3.8) is 0 Å². The molecule has 1 aromatic rings. The Balaban J connectivity index is 2.06. The lowest BCUT2D eigenvalue weighted by atomic mass is 9.90. The number of primary amides is 1. The molecule has 0 aliphatic heterocycles. The van der Waals surface area contributed by atoms with Crippen LogP contribution in [0.5, 0.6) is 0 Å². The Morgan fingerprint density at radius 2 is 1.95 bits per heavy atom. The van der Waals surface area contributed by atoms with Gasteiger partial charge in [-0.25, -0.2) is 0 Å². The van der Waals surface area contributed by atoms with E-state index in [0.717, 1.165) is 31.5 Å². The number of rotatable bonds is 5. The fourth-order valence-electron chi connectivity index (χ4n) is 3.21. The molecule has 0 bridgehead atoms. The first kappa shape index (κ1) is 16.0. The molecule has 0 radical (unpaired) electrons. The number of nitrogens with two attached hydrogens (primary N) is 2. The van der Waals surface area contributed by atoms with Gasteiger partial charge in [-0.3, -0.25) is 9.69 Å². The minimum Gasteiger partial charge on any atom is -0.366 e. The van der Waals surface area contributed by atoms with Crippen molar-refractivity contribution in [2.24, 2.45) is 11.5 Å². The number of amides is 1. The molecule has 0 saturated heterocycles. The fourth-order valence-corrected chi connectivity index (χ4v) is 3.21. The molecule has 0 aromatic heterocycles.